The van der Waals surface area contributed by atoms with Crippen molar-refractivity contribution in [1.82, 2.24) is 0 Å². The van der Waals surface area contributed by atoms with E-state index in [2.05, 4.69) is 28.9 Å². The highest BCUT2D eigenvalue weighted by Gasteiger charge is 2.48. The van der Waals surface area contributed by atoms with Gasteiger partial charge in [-0.15, -0.1) is 11.3 Å². The van der Waals surface area contributed by atoms with Crippen LogP contribution in [0.3, 0.4) is 0 Å². The Kier molecular flexibility index (Phi) is 7.57. The monoisotopic (exact) mass is 463 g/mol. The van der Waals surface area contributed by atoms with Gasteiger partial charge in [0.1, 0.15) is 13.1 Å². The molecule has 3 fully saturated rings. The van der Waals surface area contributed by atoms with Gasteiger partial charge in [0.15, 0.2) is 6.10 Å². The van der Waals surface area contributed by atoms with Crippen molar-refractivity contribution in [3.63, 3.8) is 0 Å². The summed E-state index contributed by atoms with van der Waals surface area (Å²) in [6.07, 6.45) is 2.11. The average molecular weight is 464 g/mol. The van der Waals surface area contributed by atoms with Crippen molar-refractivity contribution in [2.24, 2.45) is 5.92 Å². The number of ether oxygens (including phenoxy) is 1. The highest BCUT2D eigenvalue weighted by molar-refractivity contribution is 7.14. The number of Topliss-reactive ketones (excluding diaryl/α,β-unsaturated/α-hetero) is 1. The minimum Gasteiger partial charge on any atom is -0.456 e. The first kappa shape index (κ1) is 23.2. The Morgan fingerprint density at radius 2 is 1.64 bits per heavy atom. The van der Waals surface area contributed by atoms with Crippen LogP contribution in [0.5, 0.6) is 0 Å². The molecule has 6 rings (SSSR count). The number of nitrogens with one attached hydrogen (secondary N) is 1. The molecule has 1 aromatic heterocycles. The molecule has 2 aromatic carbocycles. The molecule has 0 spiro atoms. The van der Waals surface area contributed by atoms with E-state index in [9.17, 15) is 9.59 Å². The number of nitrogens with zero attached hydrogens (tertiary/aromatic N) is 1. The molecule has 0 saturated carbocycles. The molecule has 33 heavy (non-hydrogen) atoms. The Morgan fingerprint density at radius 3 is 2.24 bits per heavy atom. The summed E-state index contributed by atoms with van der Waals surface area (Å²) in [4.78, 5) is 23.7. The predicted octanol–water partition coefficient (Wildman–Crippen LogP) is 5.53. The number of esters is 1. The molecule has 1 N–H and O–H groups in total. The van der Waals surface area contributed by atoms with Crippen LogP contribution in [0.4, 0.5) is 10.7 Å². The van der Waals surface area contributed by atoms with Crippen molar-refractivity contribution < 1.29 is 18.8 Å². The topological polar surface area (TPSA) is 55.4 Å². The number of rotatable bonds is 6. The summed E-state index contributed by atoms with van der Waals surface area (Å²) in [5, 5.41) is 6.54. The van der Waals surface area contributed by atoms with Gasteiger partial charge in [-0.1, -0.05) is 48.5 Å². The average Bonchev–Trinajstić information content (AvgIpc) is 3.34. The third-order valence-electron chi connectivity index (χ3n) is 6.50. The van der Waals surface area contributed by atoms with Gasteiger partial charge in [0.05, 0.1) is 18.1 Å². The quantitative estimate of drug-likeness (QED) is 0.297. The van der Waals surface area contributed by atoms with Gasteiger partial charge in [-0.3, -0.25) is 9.59 Å². The van der Waals surface area contributed by atoms with Crippen LogP contribution in [0.1, 0.15) is 30.1 Å². The van der Waals surface area contributed by atoms with Gasteiger partial charge in [-0.25, -0.2) is 0 Å². The van der Waals surface area contributed by atoms with E-state index in [4.69, 9.17) is 4.74 Å². The van der Waals surface area contributed by atoms with E-state index in [0.717, 1.165) is 48.2 Å². The summed E-state index contributed by atoms with van der Waals surface area (Å²) < 4.78 is 6.25. The fraction of sp³-hybridized carbons (Fsp3) is 0.333. The SMILES string of the molecule is CC(=O)OC1C[N+]2(CC(=O)c3ccccc3)CCC1CC2.c1ccc(Nc2cccs2)cc1. The first-order valence-corrected chi connectivity index (χ1v) is 12.4. The summed E-state index contributed by atoms with van der Waals surface area (Å²) in [5.41, 5.74) is 1.92. The lowest BCUT2D eigenvalue weighted by Crippen LogP contribution is -2.65. The van der Waals surface area contributed by atoms with Crippen LogP contribution in [-0.2, 0) is 9.53 Å². The van der Waals surface area contributed by atoms with Crippen LogP contribution < -0.4 is 5.32 Å². The predicted molar refractivity (Wildman–Crippen MR) is 133 cm³/mol. The Bertz CT molecular complexity index is 1030. The molecule has 1 atom stereocenters. The van der Waals surface area contributed by atoms with Gasteiger partial charge in [-0.2, -0.15) is 0 Å². The molecule has 6 heteroatoms. The molecule has 0 aliphatic carbocycles. The van der Waals surface area contributed by atoms with E-state index < -0.39 is 0 Å². The molecule has 3 aromatic rings. The summed E-state index contributed by atoms with van der Waals surface area (Å²) in [5.74, 6) is 0.472. The summed E-state index contributed by atoms with van der Waals surface area (Å²) in [6.45, 7) is 4.84. The van der Waals surface area contributed by atoms with Gasteiger partial charge in [0.2, 0.25) is 5.78 Å². The van der Waals surface area contributed by atoms with Crippen LogP contribution in [0, 0.1) is 5.92 Å². The maximum atomic E-state index is 12.5. The van der Waals surface area contributed by atoms with Gasteiger partial charge in [0.25, 0.3) is 0 Å². The fourth-order valence-corrected chi connectivity index (χ4v) is 5.46. The Labute approximate surface area is 199 Å². The molecule has 3 aliphatic rings. The van der Waals surface area contributed by atoms with Crippen molar-refractivity contribution in [2.75, 3.05) is 31.5 Å². The fourth-order valence-electron chi connectivity index (χ4n) is 4.82. The largest absolute Gasteiger partial charge is 0.456 e. The Morgan fingerprint density at radius 1 is 0.970 bits per heavy atom. The summed E-state index contributed by atoms with van der Waals surface area (Å²) >= 11 is 1.71. The van der Waals surface area contributed by atoms with Crippen molar-refractivity contribution in [3.05, 3.63) is 83.7 Å². The van der Waals surface area contributed by atoms with E-state index in [0.29, 0.717) is 12.5 Å². The van der Waals surface area contributed by atoms with Crippen LogP contribution in [0.2, 0.25) is 0 Å². The highest BCUT2D eigenvalue weighted by Crippen LogP contribution is 2.35. The number of piperidine rings is 3. The van der Waals surface area contributed by atoms with Gasteiger partial charge in [-0.05, 0) is 29.6 Å². The standard InChI is InChI=1S/C17H22NO3.C10H9NS/c1-13(19)21-17-12-18(9-7-15(17)8-10-18)11-16(20)14-5-3-2-4-6-14;1-2-5-9(6-3-1)11-10-7-4-8-12-10/h2-6,15,17H,7-12H2,1H3;1-8,11H/q+1;. The Hall–Kier alpha value is -2.96. The maximum Gasteiger partial charge on any atom is 0.303 e. The zero-order chi connectivity index (χ0) is 23.1. The molecule has 0 radical (unpaired) electrons. The molecule has 3 saturated heterocycles. The van der Waals surface area contributed by atoms with Crippen LogP contribution in [0.15, 0.2) is 78.2 Å². The molecular formula is C27H31N2O3S+. The summed E-state index contributed by atoms with van der Waals surface area (Å²) in [6, 6.07) is 23.8. The number of quaternary nitrogens is 1. The second kappa shape index (κ2) is 10.8. The molecular weight excluding hydrogens is 432 g/mol. The van der Waals surface area contributed by atoms with E-state index in [1.165, 1.54) is 11.9 Å². The lowest BCUT2D eigenvalue weighted by Gasteiger charge is -2.51. The molecule has 0 amide bonds. The number of hydrogen-bond donors (Lipinski definition) is 1. The minimum atomic E-state index is -0.207. The third kappa shape index (κ3) is 6.30. The van der Waals surface area contributed by atoms with Crippen LogP contribution in [-0.4, -0.2) is 48.5 Å². The first-order chi connectivity index (χ1) is 16.0. The van der Waals surface area contributed by atoms with Crippen LogP contribution in [0.25, 0.3) is 0 Å². The molecule has 172 valence electrons. The number of hydrogen-bond acceptors (Lipinski definition) is 5. The number of thiophene rings is 1. The van der Waals surface area contributed by atoms with Crippen LogP contribution >= 0.6 is 11.3 Å². The van der Waals surface area contributed by atoms with Gasteiger partial charge in [0, 0.05) is 36.9 Å². The highest BCUT2D eigenvalue weighted by atomic mass is 32.1. The normalized spacial score (nSPS) is 23.2. The van der Waals surface area contributed by atoms with E-state index in [1.807, 2.05) is 54.6 Å². The van der Waals surface area contributed by atoms with E-state index in [-0.39, 0.29) is 17.9 Å². The number of benzene rings is 2. The zero-order valence-corrected chi connectivity index (χ0v) is 19.8. The number of carbonyl (C=O) groups is 2. The van der Waals surface area contributed by atoms with E-state index in [1.54, 1.807) is 11.3 Å². The molecule has 3 aliphatic heterocycles. The summed E-state index contributed by atoms with van der Waals surface area (Å²) in [7, 11) is 0. The second-order valence-electron chi connectivity index (χ2n) is 8.87. The van der Waals surface area contributed by atoms with Crippen molar-refractivity contribution in [1.29, 1.82) is 0 Å². The number of para-hydroxylation sites is 1. The molecule has 2 bridgehead atoms. The number of ketones is 1. The van der Waals surface area contributed by atoms with Crippen molar-refractivity contribution >= 4 is 33.8 Å². The van der Waals surface area contributed by atoms with Gasteiger partial charge < -0.3 is 14.5 Å². The third-order valence-corrected chi connectivity index (χ3v) is 7.28. The molecule has 4 heterocycles. The number of fused-ring (bicyclic) bond motifs is 3. The van der Waals surface area contributed by atoms with Crippen molar-refractivity contribution in [3.8, 4) is 0 Å². The minimum absolute atomic E-state index is 0.00595. The maximum absolute atomic E-state index is 12.5. The zero-order valence-electron chi connectivity index (χ0n) is 19.0. The van der Waals surface area contributed by atoms with E-state index >= 15 is 0 Å². The Balaban J connectivity index is 0.000000183. The number of carbonyl (C=O) groups excluding carboxylic acids is 2. The lowest BCUT2D eigenvalue weighted by molar-refractivity contribution is -0.938. The second-order valence-corrected chi connectivity index (χ2v) is 9.82. The molecule has 5 nitrogen and oxygen atoms in total. The lowest BCUT2D eigenvalue weighted by atomic mass is 9.83. The van der Waals surface area contributed by atoms with Crippen molar-refractivity contribution in [2.45, 2.75) is 25.9 Å². The smallest absolute Gasteiger partial charge is 0.303 e. The number of anilines is 2. The first-order valence-electron chi connectivity index (χ1n) is 11.5. The molecule has 1 unspecified atom stereocenters. The van der Waals surface area contributed by atoms with Gasteiger partial charge >= 0.3 is 5.97 Å².